The van der Waals surface area contributed by atoms with Crippen LogP contribution in [0, 0.1) is 0 Å². The maximum absolute atomic E-state index is 11.6. The maximum Gasteiger partial charge on any atom is 0.326 e. The first kappa shape index (κ1) is 14.2. The lowest BCUT2D eigenvalue weighted by molar-refractivity contribution is -0.142. The first-order chi connectivity index (χ1) is 8.49. The molecule has 0 aliphatic heterocycles. The Labute approximate surface area is 108 Å². The van der Waals surface area contributed by atoms with Gasteiger partial charge in [0.2, 0.25) is 11.8 Å². The van der Waals surface area contributed by atoms with Crippen molar-refractivity contribution < 1.29 is 19.5 Å². The van der Waals surface area contributed by atoms with E-state index in [4.69, 9.17) is 10.8 Å². The van der Waals surface area contributed by atoms with Gasteiger partial charge in [0.05, 0.1) is 6.42 Å². The zero-order chi connectivity index (χ0) is 13.5. The van der Waals surface area contributed by atoms with Crippen molar-refractivity contribution >= 4 is 29.1 Å². The van der Waals surface area contributed by atoms with Gasteiger partial charge in [0.25, 0.3) is 0 Å². The summed E-state index contributed by atoms with van der Waals surface area (Å²) in [7, 11) is 0. The van der Waals surface area contributed by atoms with Crippen LogP contribution in [-0.4, -0.2) is 28.9 Å². The van der Waals surface area contributed by atoms with Gasteiger partial charge in [-0.05, 0) is 17.9 Å². The van der Waals surface area contributed by atoms with Gasteiger partial charge in [-0.3, -0.25) is 9.59 Å². The summed E-state index contributed by atoms with van der Waals surface area (Å²) in [6, 6.07) is 2.53. The van der Waals surface area contributed by atoms with Gasteiger partial charge in [-0.25, -0.2) is 4.79 Å². The van der Waals surface area contributed by atoms with Crippen LogP contribution >= 0.6 is 11.3 Å². The van der Waals surface area contributed by atoms with E-state index >= 15 is 0 Å². The summed E-state index contributed by atoms with van der Waals surface area (Å²) in [4.78, 5) is 33.9. The highest BCUT2D eigenvalue weighted by Gasteiger charge is 2.20. The highest BCUT2D eigenvalue weighted by atomic mass is 32.1. The van der Waals surface area contributed by atoms with E-state index in [1.54, 1.807) is 6.07 Å². The second-order valence-corrected chi connectivity index (χ2v) is 4.75. The number of thiophene rings is 1. The summed E-state index contributed by atoms with van der Waals surface area (Å²) >= 11 is 1.42. The lowest BCUT2D eigenvalue weighted by atomic mass is 10.1. The summed E-state index contributed by atoms with van der Waals surface area (Å²) < 4.78 is 0. The molecule has 1 atom stereocenters. The van der Waals surface area contributed by atoms with Crippen molar-refractivity contribution in [3.63, 3.8) is 0 Å². The molecule has 0 saturated heterocycles. The molecule has 18 heavy (non-hydrogen) atoms. The summed E-state index contributed by atoms with van der Waals surface area (Å²) in [5.74, 6) is -2.14. The molecule has 1 heterocycles. The van der Waals surface area contributed by atoms with Crippen molar-refractivity contribution in [2.24, 2.45) is 5.73 Å². The van der Waals surface area contributed by atoms with E-state index in [-0.39, 0.29) is 25.2 Å². The molecule has 0 aliphatic rings. The molecule has 1 aromatic heterocycles. The van der Waals surface area contributed by atoms with Crippen LogP contribution in [0.3, 0.4) is 0 Å². The largest absolute Gasteiger partial charge is 0.480 e. The third-order valence-corrected chi connectivity index (χ3v) is 3.10. The first-order valence-electron chi connectivity index (χ1n) is 5.32. The van der Waals surface area contributed by atoms with Crippen molar-refractivity contribution in [1.82, 2.24) is 5.32 Å². The van der Waals surface area contributed by atoms with Gasteiger partial charge < -0.3 is 16.2 Å². The number of rotatable bonds is 7. The van der Waals surface area contributed by atoms with Gasteiger partial charge in [-0.2, -0.15) is 0 Å². The molecule has 0 radical (unpaired) electrons. The summed E-state index contributed by atoms with van der Waals surface area (Å²) in [5.41, 5.74) is 4.94. The van der Waals surface area contributed by atoms with E-state index in [9.17, 15) is 14.4 Å². The fourth-order valence-corrected chi connectivity index (χ4v) is 2.06. The van der Waals surface area contributed by atoms with Crippen molar-refractivity contribution in [2.75, 3.05) is 0 Å². The van der Waals surface area contributed by atoms with Crippen LogP contribution in [0.5, 0.6) is 0 Å². The molecule has 0 spiro atoms. The maximum atomic E-state index is 11.6. The summed E-state index contributed by atoms with van der Waals surface area (Å²) in [5, 5.41) is 13.1. The van der Waals surface area contributed by atoms with Crippen molar-refractivity contribution in [1.29, 1.82) is 0 Å². The molecule has 7 heteroatoms. The fraction of sp³-hybridized carbons (Fsp3) is 0.364. The Bertz CT molecular complexity index is 430. The highest BCUT2D eigenvalue weighted by molar-refractivity contribution is 7.10. The molecule has 0 aliphatic carbocycles. The molecule has 0 bridgehead atoms. The molecule has 0 unspecified atom stereocenters. The number of aliphatic carboxylic acids is 1. The van der Waals surface area contributed by atoms with E-state index < -0.39 is 17.9 Å². The second-order valence-electron chi connectivity index (χ2n) is 3.72. The lowest BCUT2D eigenvalue weighted by Crippen LogP contribution is -2.42. The Morgan fingerprint density at radius 2 is 2.17 bits per heavy atom. The highest BCUT2D eigenvalue weighted by Crippen LogP contribution is 2.09. The number of hydrogen-bond acceptors (Lipinski definition) is 4. The zero-order valence-corrected chi connectivity index (χ0v) is 10.4. The third kappa shape index (κ3) is 4.96. The molecule has 0 saturated carbocycles. The minimum atomic E-state index is -1.17. The van der Waals surface area contributed by atoms with Crippen LogP contribution < -0.4 is 11.1 Å². The Hall–Kier alpha value is -1.89. The predicted octanol–water partition coefficient (Wildman–Crippen LogP) is 0.125. The second kappa shape index (κ2) is 6.75. The van der Waals surface area contributed by atoms with Crippen molar-refractivity contribution in [3.8, 4) is 0 Å². The summed E-state index contributed by atoms with van der Waals surface area (Å²) in [6.45, 7) is 0. The van der Waals surface area contributed by atoms with Gasteiger partial charge in [-0.1, -0.05) is 6.07 Å². The quantitative estimate of drug-likeness (QED) is 0.654. The Kier molecular flexibility index (Phi) is 5.31. The molecular weight excluding hydrogens is 256 g/mol. The van der Waals surface area contributed by atoms with Crippen LogP contribution in [0.2, 0.25) is 0 Å². The average Bonchev–Trinajstić information content (AvgIpc) is 2.76. The number of amides is 2. The number of carbonyl (C=O) groups is 3. The van der Waals surface area contributed by atoms with E-state index in [0.29, 0.717) is 0 Å². The molecule has 1 aromatic rings. The number of carboxylic acids is 1. The number of carbonyl (C=O) groups excluding carboxylic acids is 2. The topological polar surface area (TPSA) is 109 Å². The summed E-state index contributed by atoms with van der Waals surface area (Å²) in [6.07, 6.45) is 0.0646. The Morgan fingerprint density at radius 3 is 2.67 bits per heavy atom. The molecule has 0 fully saturated rings. The Morgan fingerprint density at radius 1 is 1.44 bits per heavy atom. The van der Waals surface area contributed by atoms with E-state index in [0.717, 1.165) is 4.88 Å². The number of hydrogen-bond donors (Lipinski definition) is 3. The van der Waals surface area contributed by atoms with Crippen LogP contribution in [0.4, 0.5) is 0 Å². The SMILES string of the molecule is NC(=O)CC[C@H](NC(=O)Cc1cccs1)C(=O)O. The standard InChI is InChI=1S/C11H14N2O4S/c12-9(14)4-3-8(11(16)17)13-10(15)6-7-2-1-5-18-7/h1-2,5,8H,3-4,6H2,(H2,12,14)(H,13,15)(H,16,17)/t8-/m0/s1. The minimum Gasteiger partial charge on any atom is -0.480 e. The van der Waals surface area contributed by atoms with E-state index in [2.05, 4.69) is 5.32 Å². The Balaban J connectivity index is 2.47. The lowest BCUT2D eigenvalue weighted by Gasteiger charge is -2.13. The van der Waals surface area contributed by atoms with Gasteiger partial charge in [0, 0.05) is 11.3 Å². The van der Waals surface area contributed by atoms with E-state index in [1.807, 2.05) is 11.4 Å². The van der Waals surface area contributed by atoms with Crippen molar-refractivity contribution in [3.05, 3.63) is 22.4 Å². The number of carboxylic acid groups (broad SMARTS) is 1. The molecular formula is C11H14N2O4S. The molecule has 0 aromatic carbocycles. The van der Waals surface area contributed by atoms with Gasteiger partial charge in [0.15, 0.2) is 0 Å². The van der Waals surface area contributed by atoms with Crippen LogP contribution in [0.15, 0.2) is 17.5 Å². The number of primary amides is 1. The molecule has 98 valence electrons. The van der Waals surface area contributed by atoms with E-state index in [1.165, 1.54) is 11.3 Å². The molecule has 1 rings (SSSR count). The van der Waals surface area contributed by atoms with Crippen LogP contribution in [-0.2, 0) is 20.8 Å². The normalized spacial score (nSPS) is 11.8. The molecule has 6 nitrogen and oxygen atoms in total. The van der Waals surface area contributed by atoms with Gasteiger partial charge >= 0.3 is 5.97 Å². The zero-order valence-electron chi connectivity index (χ0n) is 9.59. The van der Waals surface area contributed by atoms with Crippen LogP contribution in [0.25, 0.3) is 0 Å². The number of nitrogens with one attached hydrogen (secondary N) is 1. The van der Waals surface area contributed by atoms with Crippen LogP contribution in [0.1, 0.15) is 17.7 Å². The fourth-order valence-electron chi connectivity index (χ4n) is 1.36. The smallest absolute Gasteiger partial charge is 0.326 e. The average molecular weight is 270 g/mol. The first-order valence-corrected chi connectivity index (χ1v) is 6.20. The van der Waals surface area contributed by atoms with Gasteiger partial charge in [-0.15, -0.1) is 11.3 Å². The molecule has 4 N–H and O–H groups in total. The van der Waals surface area contributed by atoms with Crippen molar-refractivity contribution in [2.45, 2.75) is 25.3 Å². The predicted molar refractivity (Wildman–Crippen MR) is 66.0 cm³/mol. The minimum absolute atomic E-state index is 0.000840. The van der Waals surface area contributed by atoms with Gasteiger partial charge in [0.1, 0.15) is 6.04 Å². The number of nitrogens with two attached hydrogens (primary N) is 1. The third-order valence-electron chi connectivity index (χ3n) is 2.23. The molecule has 2 amide bonds. The monoisotopic (exact) mass is 270 g/mol.